The molecule has 1 aromatic rings. The second-order valence-corrected chi connectivity index (χ2v) is 6.30. The Labute approximate surface area is 124 Å². The van der Waals surface area contributed by atoms with Crippen molar-refractivity contribution < 1.29 is 4.79 Å². The van der Waals surface area contributed by atoms with E-state index in [4.69, 9.17) is 5.73 Å². The maximum Gasteiger partial charge on any atom is 0.257 e. The molecule has 5 nitrogen and oxygen atoms in total. The summed E-state index contributed by atoms with van der Waals surface area (Å²) in [5, 5.41) is 6.77. The van der Waals surface area contributed by atoms with Crippen LogP contribution >= 0.6 is 11.5 Å². The number of nitrogen functional groups attached to an aromatic ring is 1. The lowest BCUT2D eigenvalue weighted by Crippen LogP contribution is -2.23. The largest absolute Gasteiger partial charge is 0.382 e. The molecule has 1 heterocycles. The van der Waals surface area contributed by atoms with Crippen molar-refractivity contribution in [3.05, 3.63) is 5.56 Å². The summed E-state index contributed by atoms with van der Waals surface area (Å²) >= 11 is 1.27. The van der Waals surface area contributed by atoms with E-state index < -0.39 is 0 Å². The zero-order valence-electron chi connectivity index (χ0n) is 12.2. The molecule has 0 aliphatic heterocycles. The van der Waals surface area contributed by atoms with E-state index in [0.717, 1.165) is 17.5 Å². The highest BCUT2D eigenvalue weighted by Crippen LogP contribution is 2.32. The summed E-state index contributed by atoms with van der Waals surface area (Å²) in [6.07, 6.45) is 6.50. The van der Waals surface area contributed by atoms with Crippen molar-refractivity contribution in [3.8, 4) is 0 Å². The number of carbonyl (C=O) groups excluding carboxylic acids is 1. The standard InChI is InChI=1S/C14H24N4OS/c1-3-9-4-6-10(7-5-9)8-17-14-11(13(19)16-2)12(15)18-20-14/h9-10,17H,3-8H2,1-2H3,(H2,15,18)(H,16,19). The summed E-state index contributed by atoms with van der Waals surface area (Å²) in [5.74, 6) is 1.74. The summed E-state index contributed by atoms with van der Waals surface area (Å²) in [6.45, 7) is 3.18. The van der Waals surface area contributed by atoms with Crippen LogP contribution in [0.5, 0.6) is 0 Å². The second-order valence-electron chi connectivity index (χ2n) is 5.53. The van der Waals surface area contributed by atoms with Crippen LogP contribution in [0.3, 0.4) is 0 Å². The number of aromatic nitrogens is 1. The smallest absolute Gasteiger partial charge is 0.257 e. The third-order valence-corrected chi connectivity index (χ3v) is 5.09. The predicted molar refractivity (Wildman–Crippen MR) is 84.1 cm³/mol. The molecule has 4 N–H and O–H groups in total. The Kier molecular flexibility index (Phi) is 5.23. The van der Waals surface area contributed by atoms with E-state index in [0.29, 0.717) is 17.3 Å². The van der Waals surface area contributed by atoms with Crippen molar-refractivity contribution in [1.82, 2.24) is 9.69 Å². The highest BCUT2D eigenvalue weighted by atomic mass is 32.1. The van der Waals surface area contributed by atoms with Gasteiger partial charge in [-0.1, -0.05) is 26.2 Å². The summed E-state index contributed by atoms with van der Waals surface area (Å²) in [4.78, 5) is 11.8. The van der Waals surface area contributed by atoms with Gasteiger partial charge in [0.25, 0.3) is 5.91 Å². The van der Waals surface area contributed by atoms with E-state index in [9.17, 15) is 4.79 Å². The Morgan fingerprint density at radius 3 is 2.60 bits per heavy atom. The molecule has 112 valence electrons. The molecule has 1 saturated carbocycles. The molecule has 0 saturated heterocycles. The van der Waals surface area contributed by atoms with Crippen molar-refractivity contribution in [1.29, 1.82) is 0 Å². The van der Waals surface area contributed by atoms with Crippen LogP contribution in [0.15, 0.2) is 0 Å². The number of nitrogens with one attached hydrogen (secondary N) is 2. The summed E-state index contributed by atoms with van der Waals surface area (Å²) in [7, 11) is 1.61. The van der Waals surface area contributed by atoms with Crippen molar-refractivity contribution in [2.75, 3.05) is 24.6 Å². The first-order chi connectivity index (χ1) is 9.65. The normalized spacial score (nSPS) is 22.5. The minimum Gasteiger partial charge on any atom is -0.382 e. The topological polar surface area (TPSA) is 80.0 Å². The molecule has 0 unspecified atom stereocenters. The number of nitrogens with two attached hydrogens (primary N) is 1. The van der Waals surface area contributed by atoms with E-state index in [1.165, 1.54) is 43.6 Å². The Morgan fingerprint density at radius 2 is 2.00 bits per heavy atom. The van der Waals surface area contributed by atoms with Gasteiger partial charge in [-0.2, -0.15) is 4.37 Å². The molecule has 0 atom stereocenters. The van der Waals surface area contributed by atoms with Crippen LogP contribution in [0.1, 0.15) is 49.4 Å². The maximum atomic E-state index is 11.8. The Balaban J connectivity index is 1.90. The summed E-state index contributed by atoms with van der Waals surface area (Å²) < 4.78 is 4.07. The fourth-order valence-electron chi connectivity index (χ4n) is 2.85. The first-order valence-corrected chi connectivity index (χ1v) is 8.14. The van der Waals surface area contributed by atoms with E-state index in [1.807, 2.05) is 0 Å². The number of hydrogen-bond acceptors (Lipinski definition) is 5. The minimum absolute atomic E-state index is 0.173. The molecule has 0 bridgehead atoms. The molecular formula is C14H24N4OS. The van der Waals surface area contributed by atoms with Crippen molar-refractivity contribution in [2.45, 2.75) is 39.0 Å². The van der Waals surface area contributed by atoms with Gasteiger partial charge in [-0.15, -0.1) is 0 Å². The van der Waals surface area contributed by atoms with Crippen LogP contribution in [0, 0.1) is 11.8 Å². The zero-order chi connectivity index (χ0) is 14.5. The molecule has 0 spiro atoms. The number of amides is 1. The monoisotopic (exact) mass is 296 g/mol. The summed E-state index contributed by atoms with van der Waals surface area (Å²) in [6, 6.07) is 0. The molecule has 1 aliphatic rings. The van der Waals surface area contributed by atoms with Crippen LogP contribution in [0.2, 0.25) is 0 Å². The van der Waals surface area contributed by atoms with Gasteiger partial charge < -0.3 is 16.4 Å². The van der Waals surface area contributed by atoms with Crippen molar-refractivity contribution in [3.63, 3.8) is 0 Å². The van der Waals surface area contributed by atoms with E-state index in [-0.39, 0.29) is 5.91 Å². The van der Waals surface area contributed by atoms with Crippen LogP contribution < -0.4 is 16.4 Å². The zero-order valence-corrected chi connectivity index (χ0v) is 13.1. The Morgan fingerprint density at radius 1 is 1.35 bits per heavy atom. The van der Waals surface area contributed by atoms with Gasteiger partial charge >= 0.3 is 0 Å². The lowest BCUT2D eigenvalue weighted by Gasteiger charge is -2.27. The van der Waals surface area contributed by atoms with Crippen LogP contribution in [-0.2, 0) is 0 Å². The molecule has 20 heavy (non-hydrogen) atoms. The highest BCUT2D eigenvalue weighted by Gasteiger charge is 2.22. The average molecular weight is 296 g/mol. The average Bonchev–Trinajstić information content (AvgIpc) is 2.86. The fourth-order valence-corrected chi connectivity index (χ4v) is 3.57. The molecule has 6 heteroatoms. The van der Waals surface area contributed by atoms with E-state index >= 15 is 0 Å². The lowest BCUT2D eigenvalue weighted by molar-refractivity contribution is 0.0965. The summed E-state index contributed by atoms with van der Waals surface area (Å²) in [5.41, 5.74) is 6.25. The van der Waals surface area contributed by atoms with Gasteiger partial charge in [0.2, 0.25) is 0 Å². The third-order valence-electron chi connectivity index (χ3n) is 4.27. The van der Waals surface area contributed by atoms with Crippen molar-refractivity contribution >= 4 is 28.3 Å². The van der Waals surface area contributed by atoms with E-state index in [2.05, 4.69) is 21.9 Å². The number of hydrogen-bond donors (Lipinski definition) is 3. The highest BCUT2D eigenvalue weighted by molar-refractivity contribution is 7.11. The van der Waals surface area contributed by atoms with Gasteiger partial charge in [0, 0.05) is 13.6 Å². The van der Waals surface area contributed by atoms with Gasteiger partial charge in [-0.05, 0) is 36.2 Å². The van der Waals surface area contributed by atoms with E-state index in [1.54, 1.807) is 7.05 Å². The molecular weight excluding hydrogens is 272 g/mol. The van der Waals surface area contributed by atoms with Gasteiger partial charge in [0.05, 0.1) is 0 Å². The molecule has 0 radical (unpaired) electrons. The maximum absolute atomic E-state index is 11.8. The van der Waals surface area contributed by atoms with Gasteiger partial charge in [0.15, 0.2) is 5.82 Å². The van der Waals surface area contributed by atoms with Gasteiger partial charge in [-0.25, -0.2) is 0 Å². The Hall–Kier alpha value is -1.30. The Bertz CT molecular complexity index is 452. The third kappa shape index (κ3) is 3.42. The number of nitrogens with zero attached hydrogens (tertiary/aromatic N) is 1. The number of anilines is 2. The first kappa shape index (κ1) is 15.1. The molecule has 2 rings (SSSR count). The first-order valence-electron chi connectivity index (χ1n) is 7.36. The number of rotatable bonds is 5. The quantitative estimate of drug-likeness (QED) is 0.780. The molecule has 1 aromatic heterocycles. The van der Waals surface area contributed by atoms with Crippen LogP contribution in [0.4, 0.5) is 10.8 Å². The van der Waals surface area contributed by atoms with Crippen LogP contribution in [0.25, 0.3) is 0 Å². The molecule has 1 aliphatic carbocycles. The van der Waals surface area contributed by atoms with Gasteiger partial charge in [-0.3, -0.25) is 4.79 Å². The molecule has 1 amide bonds. The molecule has 0 aromatic carbocycles. The van der Waals surface area contributed by atoms with Crippen molar-refractivity contribution in [2.24, 2.45) is 11.8 Å². The van der Waals surface area contributed by atoms with Gasteiger partial charge in [0.1, 0.15) is 10.6 Å². The minimum atomic E-state index is -0.173. The fraction of sp³-hybridized carbons (Fsp3) is 0.714. The lowest BCUT2D eigenvalue weighted by atomic mass is 9.81. The number of carbonyl (C=O) groups is 1. The SMILES string of the molecule is CCC1CCC(CNc2snc(N)c2C(=O)NC)CC1. The second kappa shape index (κ2) is 6.92. The van der Waals surface area contributed by atoms with Crippen LogP contribution in [-0.4, -0.2) is 23.9 Å². The predicted octanol–water partition coefficient (Wildman–Crippen LogP) is 2.71. The molecule has 1 fully saturated rings.